The Morgan fingerprint density at radius 3 is 2.74 bits per heavy atom. The van der Waals surface area contributed by atoms with Crippen molar-refractivity contribution < 1.29 is 4.79 Å². The molecular formula is C18H15BrN2OS. The second-order valence-electron chi connectivity index (χ2n) is 5.11. The number of pyridine rings is 1. The van der Waals surface area contributed by atoms with Crippen molar-refractivity contribution in [3.63, 3.8) is 0 Å². The van der Waals surface area contributed by atoms with Crippen LogP contribution in [0.15, 0.2) is 64.1 Å². The molecule has 0 radical (unpaired) electrons. The first-order valence-corrected chi connectivity index (χ1v) is 8.95. The van der Waals surface area contributed by atoms with Crippen molar-refractivity contribution in [2.75, 3.05) is 11.1 Å². The van der Waals surface area contributed by atoms with E-state index < -0.39 is 0 Å². The van der Waals surface area contributed by atoms with Crippen molar-refractivity contribution in [2.45, 2.75) is 11.9 Å². The van der Waals surface area contributed by atoms with Gasteiger partial charge < -0.3 is 5.32 Å². The van der Waals surface area contributed by atoms with Crippen LogP contribution < -0.4 is 5.32 Å². The van der Waals surface area contributed by atoms with Crippen LogP contribution >= 0.6 is 27.7 Å². The second kappa shape index (κ2) is 7.15. The molecule has 3 aromatic rings. The number of aromatic nitrogens is 1. The Morgan fingerprint density at radius 1 is 1.17 bits per heavy atom. The summed E-state index contributed by atoms with van der Waals surface area (Å²) in [4.78, 5) is 16.7. The van der Waals surface area contributed by atoms with Gasteiger partial charge in [-0.3, -0.25) is 4.79 Å². The third-order valence-electron chi connectivity index (χ3n) is 3.40. The van der Waals surface area contributed by atoms with Gasteiger partial charge in [-0.25, -0.2) is 4.98 Å². The highest BCUT2D eigenvalue weighted by atomic mass is 79.9. The Morgan fingerprint density at radius 2 is 1.91 bits per heavy atom. The standard InChI is InChI=1S/C18H15BrN2OS/c1-12-10-18(21-15-8-4-2-6-13(12)15)23-11-17(22)20-16-9-5-3-7-14(16)19/h2-10H,11H2,1H3,(H,20,22). The van der Waals surface area contributed by atoms with Gasteiger partial charge in [-0.15, -0.1) is 0 Å². The van der Waals surface area contributed by atoms with Crippen LogP contribution in [0.1, 0.15) is 5.56 Å². The minimum atomic E-state index is -0.0467. The number of halogens is 1. The molecule has 0 unspecified atom stereocenters. The van der Waals surface area contributed by atoms with Crippen LogP contribution in [0.3, 0.4) is 0 Å². The molecule has 0 saturated carbocycles. The zero-order chi connectivity index (χ0) is 16.2. The SMILES string of the molecule is Cc1cc(SCC(=O)Nc2ccccc2Br)nc2ccccc12. The molecule has 0 bridgehead atoms. The monoisotopic (exact) mass is 386 g/mol. The van der Waals surface area contributed by atoms with Gasteiger partial charge in [0.15, 0.2) is 0 Å². The van der Waals surface area contributed by atoms with Crippen molar-refractivity contribution in [3.05, 3.63) is 64.6 Å². The summed E-state index contributed by atoms with van der Waals surface area (Å²) < 4.78 is 0.873. The molecule has 3 rings (SSSR count). The molecule has 1 amide bonds. The normalized spacial score (nSPS) is 10.7. The molecule has 1 aromatic heterocycles. The number of nitrogens with one attached hydrogen (secondary N) is 1. The molecular weight excluding hydrogens is 372 g/mol. The second-order valence-corrected chi connectivity index (χ2v) is 6.96. The average Bonchev–Trinajstić information content (AvgIpc) is 2.55. The van der Waals surface area contributed by atoms with Gasteiger partial charge in [-0.1, -0.05) is 42.1 Å². The lowest BCUT2D eigenvalue weighted by molar-refractivity contribution is -0.113. The Hall–Kier alpha value is -1.85. The van der Waals surface area contributed by atoms with Crippen molar-refractivity contribution in [2.24, 2.45) is 0 Å². The lowest BCUT2D eigenvalue weighted by atomic mass is 10.1. The quantitative estimate of drug-likeness (QED) is 0.638. The molecule has 0 saturated heterocycles. The Kier molecular flexibility index (Phi) is 4.98. The van der Waals surface area contributed by atoms with Gasteiger partial charge in [0.05, 0.1) is 22.0 Å². The van der Waals surface area contributed by atoms with Gasteiger partial charge in [-0.2, -0.15) is 0 Å². The maximum atomic E-state index is 12.1. The van der Waals surface area contributed by atoms with Crippen LogP contribution in [0, 0.1) is 6.92 Å². The summed E-state index contributed by atoms with van der Waals surface area (Å²) in [6.45, 7) is 2.06. The number of benzene rings is 2. The number of anilines is 1. The minimum absolute atomic E-state index is 0.0467. The van der Waals surface area contributed by atoms with Crippen LogP contribution in [0.5, 0.6) is 0 Å². The molecule has 0 spiro atoms. The molecule has 23 heavy (non-hydrogen) atoms. The van der Waals surface area contributed by atoms with E-state index in [2.05, 4.69) is 39.2 Å². The summed E-state index contributed by atoms with van der Waals surface area (Å²) in [5, 5.41) is 4.91. The van der Waals surface area contributed by atoms with Crippen LogP contribution in [0.4, 0.5) is 5.69 Å². The van der Waals surface area contributed by atoms with Crippen molar-refractivity contribution in [1.82, 2.24) is 4.98 Å². The number of carbonyl (C=O) groups excluding carboxylic acids is 1. The summed E-state index contributed by atoms with van der Waals surface area (Å²) in [6.07, 6.45) is 0. The van der Waals surface area contributed by atoms with E-state index in [1.54, 1.807) is 0 Å². The molecule has 0 fully saturated rings. The molecule has 0 aliphatic heterocycles. The van der Waals surface area contributed by atoms with Crippen molar-refractivity contribution >= 4 is 50.2 Å². The Labute approximate surface area is 147 Å². The Balaban J connectivity index is 1.68. The summed E-state index contributed by atoms with van der Waals surface area (Å²) in [5.74, 6) is 0.279. The highest BCUT2D eigenvalue weighted by Gasteiger charge is 2.08. The van der Waals surface area contributed by atoms with E-state index in [1.165, 1.54) is 17.3 Å². The molecule has 0 atom stereocenters. The largest absolute Gasteiger partial charge is 0.324 e. The molecule has 116 valence electrons. The van der Waals surface area contributed by atoms with Gasteiger partial charge in [-0.05, 0) is 52.7 Å². The van der Waals surface area contributed by atoms with Crippen LogP contribution in [0.25, 0.3) is 10.9 Å². The number of para-hydroxylation sites is 2. The van der Waals surface area contributed by atoms with Crippen molar-refractivity contribution in [1.29, 1.82) is 0 Å². The van der Waals surface area contributed by atoms with E-state index >= 15 is 0 Å². The third kappa shape index (κ3) is 3.92. The third-order valence-corrected chi connectivity index (χ3v) is 5.00. The summed E-state index contributed by atoms with van der Waals surface area (Å²) in [7, 11) is 0. The number of thioether (sulfide) groups is 1. The minimum Gasteiger partial charge on any atom is -0.324 e. The topological polar surface area (TPSA) is 42.0 Å². The van der Waals surface area contributed by atoms with Gasteiger partial charge in [0, 0.05) is 9.86 Å². The van der Waals surface area contributed by atoms with Crippen LogP contribution in [0.2, 0.25) is 0 Å². The highest BCUT2D eigenvalue weighted by Crippen LogP contribution is 2.25. The van der Waals surface area contributed by atoms with Gasteiger partial charge in [0.25, 0.3) is 0 Å². The van der Waals surface area contributed by atoms with E-state index in [0.29, 0.717) is 5.75 Å². The van der Waals surface area contributed by atoms with E-state index in [-0.39, 0.29) is 5.91 Å². The molecule has 1 N–H and O–H groups in total. The fraction of sp³-hybridized carbons (Fsp3) is 0.111. The van der Waals surface area contributed by atoms with Gasteiger partial charge in [0.2, 0.25) is 5.91 Å². The smallest absolute Gasteiger partial charge is 0.234 e. The van der Waals surface area contributed by atoms with Crippen LogP contribution in [-0.2, 0) is 4.79 Å². The molecule has 1 heterocycles. The first kappa shape index (κ1) is 16.0. The van der Waals surface area contributed by atoms with E-state index in [4.69, 9.17) is 0 Å². The number of nitrogens with zero attached hydrogens (tertiary/aromatic N) is 1. The van der Waals surface area contributed by atoms with E-state index in [1.807, 2.05) is 48.5 Å². The molecule has 2 aromatic carbocycles. The number of rotatable bonds is 4. The number of hydrogen-bond donors (Lipinski definition) is 1. The first-order valence-electron chi connectivity index (χ1n) is 7.17. The number of aryl methyl sites for hydroxylation is 1. The fourth-order valence-electron chi connectivity index (χ4n) is 2.28. The van der Waals surface area contributed by atoms with Gasteiger partial charge >= 0.3 is 0 Å². The highest BCUT2D eigenvalue weighted by molar-refractivity contribution is 9.10. The lowest BCUT2D eigenvalue weighted by Gasteiger charge is -2.08. The van der Waals surface area contributed by atoms with Gasteiger partial charge in [0.1, 0.15) is 0 Å². The lowest BCUT2D eigenvalue weighted by Crippen LogP contribution is -2.14. The van der Waals surface area contributed by atoms with E-state index in [0.717, 1.165) is 26.1 Å². The zero-order valence-electron chi connectivity index (χ0n) is 12.5. The maximum Gasteiger partial charge on any atom is 0.234 e. The number of fused-ring (bicyclic) bond motifs is 1. The maximum absolute atomic E-state index is 12.1. The summed E-state index contributed by atoms with van der Waals surface area (Å²) in [5.41, 5.74) is 2.91. The summed E-state index contributed by atoms with van der Waals surface area (Å²) >= 11 is 4.87. The Bertz CT molecular complexity index is 867. The molecule has 3 nitrogen and oxygen atoms in total. The molecule has 5 heteroatoms. The van der Waals surface area contributed by atoms with Crippen molar-refractivity contribution in [3.8, 4) is 0 Å². The fourth-order valence-corrected chi connectivity index (χ4v) is 3.44. The predicted molar refractivity (Wildman–Crippen MR) is 100.0 cm³/mol. The average molecular weight is 387 g/mol. The number of hydrogen-bond acceptors (Lipinski definition) is 3. The first-order chi connectivity index (χ1) is 11.1. The summed E-state index contributed by atoms with van der Waals surface area (Å²) in [6, 6.07) is 17.6. The zero-order valence-corrected chi connectivity index (χ0v) is 14.9. The number of amides is 1. The molecule has 0 aliphatic rings. The van der Waals surface area contributed by atoms with E-state index in [9.17, 15) is 4.79 Å². The predicted octanol–water partition coefficient (Wildman–Crippen LogP) is 5.04. The molecule has 0 aliphatic carbocycles. The van der Waals surface area contributed by atoms with Crippen LogP contribution in [-0.4, -0.2) is 16.6 Å². The number of carbonyl (C=O) groups is 1.